The molecule has 0 atom stereocenters. The molecule has 1 heterocycles. The van der Waals surface area contributed by atoms with Gasteiger partial charge in [-0.1, -0.05) is 0 Å². The number of carbonyl (C=O) groups is 2. The van der Waals surface area contributed by atoms with Gasteiger partial charge in [-0.25, -0.2) is 0 Å². The predicted octanol–water partition coefficient (Wildman–Crippen LogP) is 0.142. The van der Waals surface area contributed by atoms with Crippen molar-refractivity contribution < 1.29 is 9.59 Å². The van der Waals surface area contributed by atoms with Gasteiger partial charge in [0.05, 0.1) is 18.5 Å². The van der Waals surface area contributed by atoms with Crippen molar-refractivity contribution in [3.8, 4) is 0 Å². The van der Waals surface area contributed by atoms with Crippen LogP contribution < -0.4 is 21.3 Å². The van der Waals surface area contributed by atoms with Crippen LogP contribution >= 0.6 is 24.0 Å². The van der Waals surface area contributed by atoms with E-state index in [9.17, 15) is 9.59 Å². The van der Waals surface area contributed by atoms with Gasteiger partial charge >= 0.3 is 0 Å². The topological polar surface area (TPSA) is 97.9 Å². The van der Waals surface area contributed by atoms with E-state index in [4.69, 9.17) is 0 Å². The standard InChI is InChI=1S/C17H34N6O2.HI/c1-6-20-16(21-12-17(2,3)15(25)19-5)22-13-7-9-23(10-8-13)11-14(24)18-4;/h13H,6-12H2,1-5H3,(H,18,24)(H,19,25)(H2,20,21,22);1H. The molecule has 0 radical (unpaired) electrons. The molecule has 0 aromatic carbocycles. The number of likely N-dealkylation sites (tertiary alicyclic amines) is 1. The van der Waals surface area contributed by atoms with Gasteiger partial charge in [-0.2, -0.15) is 0 Å². The van der Waals surface area contributed by atoms with E-state index in [0.717, 1.165) is 38.4 Å². The molecule has 152 valence electrons. The molecule has 1 fully saturated rings. The molecule has 0 spiro atoms. The number of hydrogen-bond acceptors (Lipinski definition) is 4. The van der Waals surface area contributed by atoms with E-state index in [-0.39, 0.29) is 35.8 Å². The van der Waals surface area contributed by atoms with Crippen molar-refractivity contribution in [3.63, 3.8) is 0 Å². The number of amides is 2. The minimum absolute atomic E-state index is 0. The van der Waals surface area contributed by atoms with Gasteiger partial charge in [0.2, 0.25) is 11.8 Å². The van der Waals surface area contributed by atoms with Crippen LogP contribution in [-0.4, -0.2) is 75.5 Å². The summed E-state index contributed by atoms with van der Waals surface area (Å²) in [7, 11) is 3.31. The summed E-state index contributed by atoms with van der Waals surface area (Å²) in [4.78, 5) is 30.1. The molecule has 1 aliphatic heterocycles. The number of aliphatic imine (C=N–C) groups is 1. The van der Waals surface area contributed by atoms with Crippen LogP contribution in [0, 0.1) is 5.41 Å². The number of nitrogens with zero attached hydrogens (tertiary/aromatic N) is 2. The Kier molecular flexibility index (Phi) is 11.8. The van der Waals surface area contributed by atoms with Crippen molar-refractivity contribution in [1.29, 1.82) is 0 Å². The number of carbonyl (C=O) groups excluding carboxylic acids is 2. The van der Waals surface area contributed by atoms with E-state index in [0.29, 0.717) is 19.1 Å². The highest BCUT2D eigenvalue weighted by Crippen LogP contribution is 2.15. The van der Waals surface area contributed by atoms with Crippen molar-refractivity contribution in [1.82, 2.24) is 26.2 Å². The molecule has 0 aromatic heterocycles. The lowest BCUT2D eigenvalue weighted by Crippen LogP contribution is -2.50. The zero-order valence-corrected chi connectivity index (χ0v) is 19.0. The Labute approximate surface area is 174 Å². The summed E-state index contributed by atoms with van der Waals surface area (Å²) in [5.74, 6) is 0.775. The average Bonchev–Trinajstić information content (AvgIpc) is 2.60. The van der Waals surface area contributed by atoms with Gasteiger partial charge in [0.25, 0.3) is 0 Å². The minimum atomic E-state index is -0.548. The zero-order chi connectivity index (χ0) is 18.9. The highest BCUT2D eigenvalue weighted by Gasteiger charge is 2.27. The molecule has 1 saturated heterocycles. The van der Waals surface area contributed by atoms with Crippen LogP contribution in [0.3, 0.4) is 0 Å². The molecule has 4 N–H and O–H groups in total. The molecule has 0 aromatic rings. The second kappa shape index (κ2) is 12.3. The van der Waals surface area contributed by atoms with Crippen LogP contribution in [0.1, 0.15) is 33.6 Å². The van der Waals surface area contributed by atoms with Gasteiger partial charge in [0, 0.05) is 39.8 Å². The van der Waals surface area contributed by atoms with E-state index < -0.39 is 5.41 Å². The maximum atomic E-state index is 11.9. The van der Waals surface area contributed by atoms with Gasteiger partial charge in [-0.3, -0.25) is 19.5 Å². The van der Waals surface area contributed by atoms with Crippen molar-refractivity contribution in [3.05, 3.63) is 0 Å². The number of guanidine groups is 1. The SMILES string of the molecule is CCNC(=NCC(C)(C)C(=O)NC)NC1CCN(CC(=O)NC)CC1.I. The Morgan fingerprint density at radius 3 is 2.27 bits per heavy atom. The van der Waals surface area contributed by atoms with Crippen LogP contribution in [0.4, 0.5) is 0 Å². The first-order valence-corrected chi connectivity index (χ1v) is 9.02. The highest BCUT2D eigenvalue weighted by atomic mass is 127. The van der Waals surface area contributed by atoms with E-state index in [1.165, 1.54) is 0 Å². The molecule has 1 aliphatic rings. The molecule has 9 heteroatoms. The minimum Gasteiger partial charge on any atom is -0.359 e. The highest BCUT2D eigenvalue weighted by molar-refractivity contribution is 14.0. The van der Waals surface area contributed by atoms with Gasteiger partial charge in [-0.15, -0.1) is 24.0 Å². The summed E-state index contributed by atoms with van der Waals surface area (Å²) in [5, 5.41) is 12.0. The number of likely N-dealkylation sites (N-methyl/N-ethyl adjacent to an activating group) is 1. The third kappa shape index (κ3) is 8.52. The van der Waals surface area contributed by atoms with E-state index >= 15 is 0 Å². The smallest absolute Gasteiger partial charge is 0.233 e. The van der Waals surface area contributed by atoms with E-state index in [1.807, 2.05) is 20.8 Å². The Morgan fingerprint density at radius 2 is 1.77 bits per heavy atom. The van der Waals surface area contributed by atoms with Crippen LogP contribution in [0.25, 0.3) is 0 Å². The third-order valence-electron chi connectivity index (χ3n) is 4.39. The summed E-state index contributed by atoms with van der Waals surface area (Å²) in [5.41, 5.74) is -0.548. The first kappa shape index (κ1) is 24.9. The normalized spacial score (nSPS) is 16.4. The fraction of sp³-hybridized carbons (Fsp3) is 0.824. The zero-order valence-electron chi connectivity index (χ0n) is 16.6. The molecule has 0 aliphatic carbocycles. The Morgan fingerprint density at radius 1 is 1.15 bits per heavy atom. The molecule has 8 nitrogen and oxygen atoms in total. The van der Waals surface area contributed by atoms with Crippen LogP contribution in [0.5, 0.6) is 0 Å². The van der Waals surface area contributed by atoms with Crippen LogP contribution in [0.15, 0.2) is 4.99 Å². The summed E-state index contributed by atoms with van der Waals surface area (Å²) < 4.78 is 0. The lowest BCUT2D eigenvalue weighted by atomic mass is 9.93. The Hall–Kier alpha value is -1.10. The maximum Gasteiger partial charge on any atom is 0.233 e. The molecule has 0 unspecified atom stereocenters. The molecule has 26 heavy (non-hydrogen) atoms. The monoisotopic (exact) mass is 482 g/mol. The molecule has 0 saturated carbocycles. The number of halogens is 1. The lowest BCUT2D eigenvalue weighted by Gasteiger charge is -2.32. The fourth-order valence-corrected chi connectivity index (χ4v) is 2.72. The van der Waals surface area contributed by atoms with E-state index in [2.05, 4.69) is 31.2 Å². The first-order chi connectivity index (χ1) is 11.8. The molecular weight excluding hydrogens is 447 g/mol. The summed E-state index contributed by atoms with van der Waals surface area (Å²) in [6.07, 6.45) is 1.92. The van der Waals surface area contributed by atoms with Crippen molar-refractivity contribution in [2.24, 2.45) is 10.4 Å². The predicted molar refractivity (Wildman–Crippen MR) is 116 cm³/mol. The number of rotatable bonds is 7. The number of piperidine rings is 1. The molecule has 1 rings (SSSR count). The maximum absolute atomic E-state index is 11.9. The Bertz CT molecular complexity index is 476. The van der Waals surface area contributed by atoms with Crippen molar-refractivity contribution in [2.75, 3.05) is 46.8 Å². The third-order valence-corrected chi connectivity index (χ3v) is 4.39. The molecular formula is C17H35IN6O2. The second-order valence-corrected chi connectivity index (χ2v) is 7.03. The van der Waals surface area contributed by atoms with Crippen molar-refractivity contribution in [2.45, 2.75) is 39.7 Å². The lowest BCUT2D eigenvalue weighted by molar-refractivity contribution is -0.128. The summed E-state index contributed by atoms with van der Waals surface area (Å²) >= 11 is 0. The quantitative estimate of drug-likeness (QED) is 0.235. The Balaban J connectivity index is 0.00000625. The fourth-order valence-electron chi connectivity index (χ4n) is 2.72. The largest absolute Gasteiger partial charge is 0.359 e. The van der Waals surface area contributed by atoms with Gasteiger partial charge in [-0.05, 0) is 33.6 Å². The van der Waals surface area contributed by atoms with E-state index in [1.54, 1.807) is 14.1 Å². The van der Waals surface area contributed by atoms with Crippen LogP contribution in [0.2, 0.25) is 0 Å². The first-order valence-electron chi connectivity index (χ1n) is 9.02. The average molecular weight is 482 g/mol. The second-order valence-electron chi connectivity index (χ2n) is 7.03. The van der Waals surface area contributed by atoms with Gasteiger partial charge < -0.3 is 21.3 Å². The molecule has 2 amide bonds. The molecule has 0 bridgehead atoms. The summed E-state index contributed by atoms with van der Waals surface area (Å²) in [6, 6.07) is 0.321. The van der Waals surface area contributed by atoms with Crippen LogP contribution in [-0.2, 0) is 9.59 Å². The van der Waals surface area contributed by atoms with Gasteiger partial charge in [0.15, 0.2) is 5.96 Å². The number of nitrogens with one attached hydrogen (secondary N) is 4. The van der Waals surface area contributed by atoms with Crippen molar-refractivity contribution >= 4 is 41.8 Å². The van der Waals surface area contributed by atoms with Gasteiger partial charge in [0.1, 0.15) is 0 Å². The number of hydrogen-bond donors (Lipinski definition) is 4. The summed E-state index contributed by atoms with van der Waals surface area (Å²) in [6.45, 7) is 9.19.